The lowest BCUT2D eigenvalue weighted by atomic mass is 10.0. The third-order valence-corrected chi connectivity index (χ3v) is 3.73. The smallest absolute Gasteiger partial charge is 0.355 e. The molecule has 0 radical (unpaired) electrons. The summed E-state index contributed by atoms with van der Waals surface area (Å²) in [5.74, 6) is -0.437. The van der Waals surface area contributed by atoms with E-state index >= 15 is 0 Å². The Hall–Kier alpha value is -3.00. The van der Waals surface area contributed by atoms with Crippen molar-refractivity contribution in [2.45, 2.75) is 13.5 Å². The largest absolute Gasteiger partial charge is 0.453 e. The average Bonchev–Trinajstić information content (AvgIpc) is 3.20. The van der Waals surface area contributed by atoms with Crippen LogP contribution >= 0.6 is 11.6 Å². The van der Waals surface area contributed by atoms with Crippen molar-refractivity contribution in [1.82, 2.24) is 25.2 Å². The van der Waals surface area contributed by atoms with E-state index in [-0.39, 0.29) is 18.1 Å². The van der Waals surface area contributed by atoms with Gasteiger partial charge in [-0.05, 0) is 47.2 Å². The Labute approximate surface area is 147 Å². The van der Waals surface area contributed by atoms with Gasteiger partial charge in [-0.3, -0.25) is 4.79 Å². The Morgan fingerprint density at radius 1 is 1.24 bits per heavy atom. The van der Waals surface area contributed by atoms with Crippen molar-refractivity contribution in [2.75, 3.05) is 0 Å². The number of nitrogens with zero attached hydrogens (tertiary/aromatic N) is 4. The minimum absolute atomic E-state index is 0.0713. The number of carbonyl (C=O) groups is 2. The predicted molar refractivity (Wildman–Crippen MR) is 88.3 cm³/mol. The first-order valence-corrected chi connectivity index (χ1v) is 7.70. The normalized spacial score (nSPS) is 10.7. The number of ether oxygens (including phenoxy) is 1. The number of hydrogen-bond donors (Lipinski definition) is 1. The van der Waals surface area contributed by atoms with Gasteiger partial charge in [-0.1, -0.05) is 11.6 Å². The number of H-pyrrole nitrogens is 1. The minimum Gasteiger partial charge on any atom is -0.453 e. The second-order valence-corrected chi connectivity index (χ2v) is 5.88. The van der Waals surface area contributed by atoms with Gasteiger partial charge in [0.15, 0.2) is 18.2 Å². The summed E-state index contributed by atoms with van der Waals surface area (Å²) in [6, 6.07) is 6.53. The summed E-state index contributed by atoms with van der Waals surface area (Å²) >= 11 is 5.99. The summed E-state index contributed by atoms with van der Waals surface area (Å²) in [6.45, 7) is 1.78. The number of halogens is 1. The van der Waals surface area contributed by atoms with E-state index in [0.29, 0.717) is 22.0 Å². The fourth-order valence-electron chi connectivity index (χ4n) is 2.26. The Balaban J connectivity index is 1.72. The van der Waals surface area contributed by atoms with Crippen LogP contribution in [-0.2, 0) is 18.4 Å². The van der Waals surface area contributed by atoms with Crippen LogP contribution in [0.4, 0.5) is 0 Å². The number of hydrogen-bond acceptors (Lipinski definition) is 6. The zero-order valence-electron chi connectivity index (χ0n) is 13.5. The number of tetrazole rings is 1. The number of ketones is 1. The molecule has 9 heteroatoms. The monoisotopic (exact) mass is 359 g/mol. The molecule has 0 saturated carbocycles. The molecule has 0 atom stereocenters. The van der Waals surface area contributed by atoms with Gasteiger partial charge in [-0.2, -0.15) is 0 Å². The van der Waals surface area contributed by atoms with Crippen molar-refractivity contribution in [3.05, 3.63) is 63.7 Å². The van der Waals surface area contributed by atoms with Crippen molar-refractivity contribution in [3.8, 4) is 0 Å². The molecule has 8 nitrogen and oxygen atoms in total. The molecule has 1 N–H and O–H groups in total. The summed E-state index contributed by atoms with van der Waals surface area (Å²) in [7, 11) is 1.64. The van der Waals surface area contributed by atoms with Gasteiger partial charge in [0.2, 0.25) is 0 Å². The third kappa shape index (κ3) is 3.74. The van der Waals surface area contributed by atoms with E-state index in [1.165, 1.54) is 16.9 Å². The van der Waals surface area contributed by atoms with Gasteiger partial charge >= 0.3 is 5.97 Å². The SMILES string of the molecule is Cc1cc(Cl)cc(C(=O)c2c[nH]c(C(=O)OCc3nnnn3C)c2)c1. The Kier molecular flexibility index (Phi) is 4.62. The number of esters is 1. The molecule has 0 amide bonds. The lowest BCUT2D eigenvalue weighted by Gasteiger charge is -2.02. The Bertz CT molecular complexity index is 927. The first kappa shape index (κ1) is 16.8. The van der Waals surface area contributed by atoms with Gasteiger partial charge in [0.1, 0.15) is 5.69 Å². The lowest BCUT2D eigenvalue weighted by Crippen LogP contribution is -2.09. The van der Waals surface area contributed by atoms with Crippen LogP contribution in [0.5, 0.6) is 0 Å². The van der Waals surface area contributed by atoms with Crippen molar-refractivity contribution in [1.29, 1.82) is 0 Å². The summed E-state index contributed by atoms with van der Waals surface area (Å²) in [5, 5.41) is 11.3. The van der Waals surface area contributed by atoms with E-state index in [1.54, 1.807) is 25.2 Å². The number of benzene rings is 1. The van der Waals surface area contributed by atoms with E-state index in [1.807, 2.05) is 6.92 Å². The second-order valence-electron chi connectivity index (χ2n) is 5.44. The van der Waals surface area contributed by atoms with Crippen molar-refractivity contribution >= 4 is 23.4 Å². The molecule has 3 rings (SSSR count). The number of aromatic nitrogens is 5. The number of carbonyl (C=O) groups excluding carboxylic acids is 2. The van der Waals surface area contributed by atoms with E-state index < -0.39 is 5.97 Å². The van der Waals surface area contributed by atoms with E-state index in [9.17, 15) is 9.59 Å². The number of aromatic amines is 1. The fourth-order valence-corrected chi connectivity index (χ4v) is 2.55. The Morgan fingerprint density at radius 2 is 2.04 bits per heavy atom. The van der Waals surface area contributed by atoms with Gasteiger partial charge in [-0.25, -0.2) is 9.48 Å². The lowest BCUT2D eigenvalue weighted by molar-refractivity contribution is 0.0451. The van der Waals surface area contributed by atoms with Gasteiger partial charge in [0, 0.05) is 29.4 Å². The fraction of sp³-hybridized carbons (Fsp3) is 0.188. The second kappa shape index (κ2) is 6.86. The summed E-state index contributed by atoms with van der Waals surface area (Å²) in [4.78, 5) is 27.3. The number of rotatable bonds is 5. The maximum absolute atomic E-state index is 12.5. The molecule has 0 fully saturated rings. The van der Waals surface area contributed by atoms with Crippen molar-refractivity contribution in [2.24, 2.45) is 7.05 Å². The number of aryl methyl sites for hydroxylation is 2. The van der Waals surface area contributed by atoms with Crippen molar-refractivity contribution < 1.29 is 14.3 Å². The predicted octanol–water partition coefficient (Wildman–Crippen LogP) is 2.09. The standard InChI is InChI=1S/C16H14ClN5O3/c1-9-3-10(5-12(17)4-9)15(23)11-6-13(18-7-11)16(24)25-8-14-19-20-21-22(14)2/h3-7,18H,8H2,1-2H3. The van der Waals surface area contributed by atoms with Crippen LogP contribution in [0.3, 0.4) is 0 Å². The Morgan fingerprint density at radius 3 is 2.72 bits per heavy atom. The first-order valence-electron chi connectivity index (χ1n) is 7.32. The van der Waals surface area contributed by atoms with Crippen LogP contribution < -0.4 is 0 Å². The van der Waals surface area contributed by atoms with Gasteiger partial charge < -0.3 is 9.72 Å². The van der Waals surface area contributed by atoms with E-state index in [4.69, 9.17) is 16.3 Å². The maximum Gasteiger partial charge on any atom is 0.355 e. The zero-order valence-corrected chi connectivity index (χ0v) is 14.2. The molecule has 0 unspecified atom stereocenters. The molecule has 0 spiro atoms. The van der Waals surface area contributed by atoms with Crippen LogP contribution in [0.1, 0.15) is 37.8 Å². The highest BCUT2D eigenvalue weighted by Crippen LogP contribution is 2.18. The molecule has 128 valence electrons. The highest BCUT2D eigenvalue weighted by atomic mass is 35.5. The summed E-state index contributed by atoms with van der Waals surface area (Å²) in [5.41, 5.74) is 1.84. The molecule has 0 saturated heterocycles. The highest BCUT2D eigenvalue weighted by molar-refractivity contribution is 6.31. The van der Waals surface area contributed by atoms with Crippen LogP contribution in [0.2, 0.25) is 5.02 Å². The topological polar surface area (TPSA) is 103 Å². The van der Waals surface area contributed by atoms with Crippen LogP contribution in [-0.4, -0.2) is 36.9 Å². The van der Waals surface area contributed by atoms with E-state index in [2.05, 4.69) is 20.5 Å². The van der Waals surface area contributed by atoms with Gasteiger partial charge in [-0.15, -0.1) is 5.10 Å². The first-order chi connectivity index (χ1) is 11.9. The molecule has 2 aromatic heterocycles. The quantitative estimate of drug-likeness (QED) is 0.552. The van der Waals surface area contributed by atoms with Crippen LogP contribution in [0.25, 0.3) is 0 Å². The van der Waals surface area contributed by atoms with Crippen molar-refractivity contribution in [3.63, 3.8) is 0 Å². The molecular weight excluding hydrogens is 346 g/mol. The summed E-state index contributed by atoms with van der Waals surface area (Å²) < 4.78 is 6.53. The van der Waals surface area contributed by atoms with E-state index in [0.717, 1.165) is 5.56 Å². The molecule has 0 aliphatic carbocycles. The summed E-state index contributed by atoms with van der Waals surface area (Å²) in [6.07, 6.45) is 1.46. The van der Waals surface area contributed by atoms with Gasteiger partial charge in [0.25, 0.3) is 0 Å². The molecule has 2 heterocycles. The molecular formula is C16H14ClN5O3. The number of nitrogens with one attached hydrogen (secondary N) is 1. The molecule has 3 aromatic rings. The molecule has 0 bridgehead atoms. The van der Waals surface area contributed by atoms with Crippen LogP contribution in [0, 0.1) is 6.92 Å². The minimum atomic E-state index is -0.607. The van der Waals surface area contributed by atoms with Gasteiger partial charge in [0.05, 0.1) is 0 Å². The molecule has 1 aromatic carbocycles. The highest BCUT2D eigenvalue weighted by Gasteiger charge is 2.17. The zero-order chi connectivity index (χ0) is 18.0. The van der Waals surface area contributed by atoms with Crippen LogP contribution in [0.15, 0.2) is 30.5 Å². The third-order valence-electron chi connectivity index (χ3n) is 3.51. The molecule has 0 aliphatic heterocycles. The molecule has 0 aliphatic rings. The maximum atomic E-state index is 12.5. The average molecular weight is 360 g/mol. The molecule has 25 heavy (non-hydrogen) atoms.